The van der Waals surface area contributed by atoms with Crippen LogP contribution in [-0.4, -0.2) is 43.8 Å². The van der Waals surface area contributed by atoms with E-state index in [2.05, 4.69) is 0 Å². The number of nitrogens with zero attached hydrogens (tertiary/aromatic N) is 1. The van der Waals surface area contributed by atoms with Gasteiger partial charge in [0, 0.05) is 29.9 Å². The van der Waals surface area contributed by atoms with E-state index in [0.717, 1.165) is 4.31 Å². The quantitative estimate of drug-likeness (QED) is 0.624. The van der Waals surface area contributed by atoms with Gasteiger partial charge in [0.05, 0.1) is 11.5 Å². The third-order valence-electron chi connectivity index (χ3n) is 2.35. The van der Waals surface area contributed by atoms with E-state index in [0.29, 0.717) is 10.6 Å². The molecule has 1 atom stereocenters. The van der Waals surface area contributed by atoms with Crippen molar-refractivity contribution in [2.45, 2.75) is 22.0 Å². The van der Waals surface area contributed by atoms with E-state index >= 15 is 0 Å². The smallest absolute Gasteiger partial charge is 0.242 e. The van der Waals surface area contributed by atoms with Gasteiger partial charge < -0.3 is 10.8 Å². The summed E-state index contributed by atoms with van der Waals surface area (Å²) in [6.07, 6.45) is 0. The highest BCUT2D eigenvalue weighted by atomic mass is 32.2. The molecule has 0 heterocycles. The second-order valence-electron chi connectivity index (χ2n) is 4.10. The molecule has 0 aromatic heterocycles. The van der Waals surface area contributed by atoms with Crippen LogP contribution < -0.4 is 5.73 Å². The molecule has 0 aliphatic rings. The monoisotopic (exact) mass is 290 g/mol. The van der Waals surface area contributed by atoms with E-state index in [9.17, 15) is 8.42 Å². The van der Waals surface area contributed by atoms with Gasteiger partial charge in [-0.25, -0.2) is 12.7 Å². The minimum atomic E-state index is -3.46. The first-order valence-corrected chi connectivity index (χ1v) is 7.70. The first kappa shape index (κ1) is 15.3. The van der Waals surface area contributed by atoms with Crippen LogP contribution in [0.2, 0.25) is 0 Å². The fraction of sp³-hybridized carbons (Fsp3) is 0.455. The number of hydrogen-bond donors (Lipinski definition) is 2. The van der Waals surface area contributed by atoms with Gasteiger partial charge in [-0.15, -0.1) is 11.8 Å². The fourth-order valence-electron chi connectivity index (χ4n) is 1.24. The topological polar surface area (TPSA) is 83.6 Å². The van der Waals surface area contributed by atoms with Crippen molar-refractivity contribution in [2.24, 2.45) is 0 Å². The van der Waals surface area contributed by atoms with Gasteiger partial charge in [-0.3, -0.25) is 0 Å². The second kappa shape index (κ2) is 5.92. The van der Waals surface area contributed by atoms with Gasteiger partial charge in [-0.1, -0.05) is 6.92 Å². The van der Waals surface area contributed by atoms with Crippen molar-refractivity contribution in [3.63, 3.8) is 0 Å². The molecule has 0 spiro atoms. The minimum Gasteiger partial charge on any atom is -0.398 e. The first-order valence-electron chi connectivity index (χ1n) is 5.38. The van der Waals surface area contributed by atoms with E-state index in [1.807, 2.05) is 6.92 Å². The van der Waals surface area contributed by atoms with Crippen LogP contribution >= 0.6 is 11.8 Å². The number of nitrogen functional groups attached to an aromatic ring is 1. The van der Waals surface area contributed by atoms with Crippen LogP contribution in [0.5, 0.6) is 0 Å². The molecule has 0 amide bonds. The average molecular weight is 290 g/mol. The molecule has 0 aliphatic heterocycles. The number of anilines is 1. The van der Waals surface area contributed by atoms with Crippen molar-refractivity contribution >= 4 is 27.5 Å². The van der Waals surface area contributed by atoms with Crippen LogP contribution in [-0.2, 0) is 10.0 Å². The predicted octanol–water partition coefficient (Wildman–Crippen LogP) is 0.992. The normalized spacial score (nSPS) is 13.8. The molecule has 0 saturated heterocycles. The van der Waals surface area contributed by atoms with E-state index in [1.165, 1.54) is 31.9 Å². The number of benzene rings is 1. The zero-order chi connectivity index (χ0) is 13.9. The number of thioether (sulfide) groups is 1. The number of nitrogens with two attached hydrogens (primary N) is 1. The van der Waals surface area contributed by atoms with Crippen molar-refractivity contribution in [3.8, 4) is 0 Å². The molecule has 3 N–H and O–H groups in total. The molecule has 0 aliphatic carbocycles. The van der Waals surface area contributed by atoms with Crippen molar-refractivity contribution in [3.05, 3.63) is 18.2 Å². The molecule has 102 valence electrons. The lowest BCUT2D eigenvalue weighted by atomic mass is 10.3. The zero-order valence-electron chi connectivity index (χ0n) is 10.6. The Morgan fingerprint density at radius 3 is 2.56 bits per heavy atom. The molecule has 1 aromatic carbocycles. The molecule has 1 unspecified atom stereocenters. The standard InChI is InChI=1S/C11H18N2O3S2/c1-8(7-14)17-11-6-9(4-5-10(11)12)18(15,16)13(2)3/h4-6,8,14H,7,12H2,1-3H3. The van der Waals surface area contributed by atoms with Crippen molar-refractivity contribution in [1.29, 1.82) is 0 Å². The average Bonchev–Trinajstić information content (AvgIpc) is 2.31. The summed E-state index contributed by atoms with van der Waals surface area (Å²) in [6, 6.07) is 4.60. The lowest BCUT2D eigenvalue weighted by Crippen LogP contribution is -2.22. The van der Waals surface area contributed by atoms with Crippen molar-refractivity contribution in [2.75, 3.05) is 26.4 Å². The number of sulfonamides is 1. The van der Waals surface area contributed by atoms with Crippen LogP contribution in [0.3, 0.4) is 0 Å². The molecule has 1 rings (SSSR count). The molecular weight excluding hydrogens is 272 g/mol. The van der Waals surface area contributed by atoms with E-state index in [1.54, 1.807) is 12.1 Å². The summed E-state index contributed by atoms with van der Waals surface area (Å²) in [7, 11) is -0.495. The molecule has 7 heteroatoms. The van der Waals surface area contributed by atoms with E-state index in [-0.39, 0.29) is 16.8 Å². The van der Waals surface area contributed by atoms with Crippen LogP contribution in [0.25, 0.3) is 0 Å². The highest BCUT2D eigenvalue weighted by molar-refractivity contribution is 8.00. The minimum absolute atomic E-state index is 0.00870. The van der Waals surface area contributed by atoms with Crippen LogP contribution in [0, 0.1) is 0 Å². The Balaban J connectivity index is 3.16. The lowest BCUT2D eigenvalue weighted by molar-refractivity contribution is 0.300. The predicted molar refractivity (Wildman–Crippen MR) is 74.1 cm³/mol. The Hall–Kier alpha value is -0.760. The van der Waals surface area contributed by atoms with Gasteiger partial charge in [-0.05, 0) is 18.2 Å². The van der Waals surface area contributed by atoms with Crippen molar-refractivity contribution in [1.82, 2.24) is 4.31 Å². The number of aliphatic hydroxyl groups is 1. The molecule has 18 heavy (non-hydrogen) atoms. The summed E-state index contributed by atoms with van der Waals surface area (Å²) in [6.45, 7) is 1.85. The summed E-state index contributed by atoms with van der Waals surface area (Å²) in [5, 5.41) is 8.98. The summed E-state index contributed by atoms with van der Waals surface area (Å²) in [5.74, 6) is 0. The van der Waals surface area contributed by atoms with Gasteiger partial charge in [0.25, 0.3) is 0 Å². The number of rotatable bonds is 5. The maximum Gasteiger partial charge on any atom is 0.242 e. The molecular formula is C11H18N2O3S2. The van der Waals surface area contributed by atoms with Gasteiger partial charge in [0.1, 0.15) is 0 Å². The van der Waals surface area contributed by atoms with Crippen LogP contribution in [0.4, 0.5) is 5.69 Å². The fourth-order valence-corrected chi connectivity index (χ4v) is 3.15. The largest absolute Gasteiger partial charge is 0.398 e. The first-order chi connectivity index (χ1) is 8.28. The summed E-state index contributed by atoms with van der Waals surface area (Å²) in [4.78, 5) is 0.869. The molecule has 5 nitrogen and oxygen atoms in total. The Labute approximate surface area is 112 Å². The van der Waals surface area contributed by atoms with E-state index in [4.69, 9.17) is 10.8 Å². The molecule has 0 radical (unpaired) electrons. The van der Waals surface area contributed by atoms with Gasteiger partial charge in [-0.2, -0.15) is 0 Å². The lowest BCUT2D eigenvalue weighted by Gasteiger charge is -2.14. The third-order valence-corrected chi connectivity index (χ3v) is 5.32. The third kappa shape index (κ3) is 3.38. The number of hydrogen-bond acceptors (Lipinski definition) is 5. The Morgan fingerprint density at radius 2 is 2.06 bits per heavy atom. The summed E-state index contributed by atoms with van der Waals surface area (Å²) < 4.78 is 25.1. The molecule has 0 saturated carbocycles. The SMILES string of the molecule is CC(CO)Sc1cc(S(=O)(=O)N(C)C)ccc1N. The van der Waals surface area contributed by atoms with Crippen LogP contribution in [0.1, 0.15) is 6.92 Å². The second-order valence-corrected chi connectivity index (χ2v) is 7.73. The van der Waals surface area contributed by atoms with Gasteiger partial charge >= 0.3 is 0 Å². The van der Waals surface area contributed by atoms with Crippen LogP contribution in [0.15, 0.2) is 28.0 Å². The Bertz CT molecular complexity index is 515. The van der Waals surface area contributed by atoms with Gasteiger partial charge in [0.2, 0.25) is 10.0 Å². The Morgan fingerprint density at radius 1 is 1.44 bits per heavy atom. The van der Waals surface area contributed by atoms with E-state index < -0.39 is 10.0 Å². The molecule has 0 fully saturated rings. The van der Waals surface area contributed by atoms with Crippen molar-refractivity contribution < 1.29 is 13.5 Å². The zero-order valence-corrected chi connectivity index (χ0v) is 12.3. The summed E-state index contributed by atoms with van der Waals surface area (Å²) in [5.41, 5.74) is 6.31. The maximum atomic E-state index is 12.0. The highest BCUT2D eigenvalue weighted by Gasteiger charge is 2.19. The molecule has 1 aromatic rings. The maximum absolute atomic E-state index is 12.0. The summed E-state index contributed by atoms with van der Waals surface area (Å²) >= 11 is 1.35. The molecule has 0 bridgehead atoms. The number of aliphatic hydroxyl groups excluding tert-OH is 1. The highest BCUT2D eigenvalue weighted by Crippen LogP contribution is 2.31. The Kier molecular flexibility index (Phi) is 5.03. The van der Waals surface area contributed by atoms with Gasteiger partial charge in [0.15, 0.2) is 0 Å².